The molecule has 1 aromatic heterocycles. The number of esters is 1. The summed E-state index contributed by atoms with van der Waals surface area (Å²) in [5, 5.41) is 0. The average molecular weight is 258 g/mol. The van der Waals surface area contributed by atoms with E-state index in [9.17, 15) is 4.79 Å². The minimum atomic E-state index is -0.458. The third-order valence-corrected chi connectivity index (χ3v) is 2.48. The van der Waals surface area contributed by atoms with Gasteiger partial charge in [0.05, 0.1) is 12.7 Å². The number of hydrogen-bond acceptors (Lipinski definition) is 5. The number of carbonyl (C=O) groups excluding carboxylic acids is 1. The van der Waals surface area contributed by atoms with Crippen LogP contribution >= 0.6 is 0 Å². The minimum absolute atomic E-state index is 0.173. The first-order chi connectivity index (χ1) is 9.08. The molecule has 0 saturated heterocycles. The summed E-state index contributed by atoms with van der Waals surface area (Å²) in [6, 6.07) is 8.87. The Hall–Kier alpha value is -2.43. The number of aromatic nitrogens is 2. The lowest BCUT2D eigenvalue weighted by atomic mass is 10.1. The van der Waals surface area contributed by atoms with Crippen LogP contribution in [0.25, 0.3) is 0 Å². The summed E-state index contributed by atoms with van der Waals surface area (Å²) >= 11 is 0. The van der Waals surface area contributed by atoms with Crippen molar-refractivity contribution in [2.45, 2.75) is 13.8 Å². The van der Waals surface area contributed by atoms with Gasteiger partial charge in [0.2, 0.25) is 5.88 Å². The molecule has 0 aliphatic carbocycles. The lowest BCUT2D eigenvalue weighted by Crippen LogP contribution is -2.10. The molecule has 1 aromatic carbocycles. The van der Waals surface area contributed by atoms with Crippen molar-refractivity contribution in [1.82, 2.24) is 9.97 Å². The second-order valence-corrected chi connectivity index (χ2v) is 4.09. The number of methoxy groups -OCH3 is 1. The summed E-state index contributed by atoms with van der Waals surface area (Å²) in [7, 11) is 1.46. The van der Waals surface area contributed by atoms with Gasteiger partial charge in [-0.2, -0.15) is 4.98 Å². The fourth-order valence-corrected chi connectivity index (χ4v) is 1.50. The van der Waals surface area contributed by atoms with Crippen molar-refractivity contribution < 1.29 is 14.3 Å². The standard InChI is InChI=1S/C14H14N2O3/c1-9-4-6-11(7-5-9)13(17)19-12-8-10(2)15-14(16-12)18-3/h4-8H,1-3H3. The Balaban J connectivity index is 2.18. The fraction of sp³-hybridized carbons (Fsp3) is 0.214. The van der Waals surface area contributed by atoms with E-state index in [-0.39, 0.29) is 11.9 Å². The SMILES string of the molecule is COc1nc(C)cc(OC(=O)c2ccc(C)cc2)n1. The first-order valence-corrected chi connectivity index (χ1v) is 5.77. The van der Waals surface area contributed by atoms with Crippen molar-refractivity contribution in [2.24, 2.45) is 0 Å². The zero-order valence-electron chi connectivity index (χ0n) is 11.0. The smallest absolute Gasteiger partial charge is 0.344 e. The number of hydrogen-bond donors (Lipinski definition) is 0. The number of nitrogens with zero attached hydrogens (tertiary/aromatic N) is 2. The van der Waals surface area contributed by atoms with Crippen molar-refractivity contribution in [1.29, 1.82) is 0 Å². The number of carbonyl (C=O) groups is 1. The van der Waals surface area contributed by atoms with Gasteiger partial charge in [0.25, 0.3) is 0 Å². The van der Waals surface area contributed by atoms with Crippen LogP contribution in [0, 0.1) is 13.8 Å². The Bertz CT molecular complexity index is 594. The monoisotopic (exact) mass is 258 g/mol. The van der Waals surface area contributed by atoms with Crippen LogP contribution in [0.3, 0.4) is 0 Å². The predicted octanol–water partition coefficient (Wildman–Crippen LogP) is 2.32. The highest BCUT2D eigenvalue weighted by molar-refractivity contribution is 5.90. The summed E-state index contributed by atoms with van der Waals surface area (Å²) in [5.41, 5.74) is 2.22. The minimum Gasteiger partial charge on any atom is -0.467 e. The van der Waals surface area contributed by atoms with Gasteiger partial charge in [-0.15, -0.1) is 0 Å². The normalized spacial score (nSPS) is 10.1. The van der Waals surface area contributed by atoms with Crippen molar-refractivity contribution in [3.63, 3.8) is 0 Å². The quantitative estimate of drug-likeness (QED) is 0.791. The maximum absolute atomic E-state index is 11.9. The highest BCUT2D eigenvalue weighted by Crippen LogP contribution is 2.15. The van der Waals surface area contributed by atoms with Gasteiger partial charge in [-0.05, 0) is 26.0 Å². The second-order valence-electron chi connectivity index (χ2n) is 4.09. The van der Waals surface area contributed by atoms with Crippen molar-refractivity contribution in [3.8, 4) is 11.9 Å². The summed E-state index contributed by atoms with van der Waals surface area (Å²) < 4.78 is 10.1. The van der Waals surface area contributed by atoms with Gasteiger partial charge >= 0.3 is 12.0 Å². The molecule has 0 N–H and O–H groups in total. The first kappa shape index (κ1) is 13.0. The molecule has 0 aliphatic rings. The second kappa shape index (κ2) is 5.48. The highest BCUT2D eigenvalue weighted by Gasteiger charge is 2.11. The van der Waals surface area contributed by atoms with Crippen LogP contribution in [-0.4, -0.2) is 23.0 Å². The molecule has 0 aliphatic heterocycles. The molecule has 5 heteroatoms. The predicted molar refractivity (Wildman–Crippen MR) is 69.5 cm³/mol. The van der Waals surface area contributed by atoms with Crippen LogP contribution in [0.1, 0.15) is 21.6 Å². The Labute approximate surface area is 111 Å². The number of benzene rings is 1. The van der Waals surface area contributed by atoms with Crippen LogP contribution in [-0.2, 0) is 0 Å². The summed E-state index contributed by atoms with van der Waals surface area (Å²) in [5.74, 6) is -0.282. The van der Waals surface area contributed by atoms with E-state index in [1.54, 1.807) is 25.1 Å². The molecular formula is C14H14N2O3. The van der Waals surface area contributed by atoms with E-state index < -0.39 is 5.97 Å². The maximum Gasteiger partial charge on any atom is 0.344 e. The first-order valence-electron chi connectivity index (χ1n) is 5.77. The molecule has 19 heavy (non-hydrogen) atoms. The molecule has 2 aromatic rings. The van der Waals surface area contributed by atoms with Crippen LogP contribution in [0.15, 0.2) is 30.3 Å². The van der Waals surface area contributed by atoms with E-state index >= 15 is 0 Å². The van der Waals surface area contributed by atoms with Crippen LogP contribution < -0.4 is 9.47 Å². The molecule has 0 spiro atoms. The third-order valence-electron chi connectivity index (χ3n) is 2.48. The Morgan fingerprint density at radius 3 is 2.42 bits per heavy atom. The number of ether oxygens (including phenoxy) is 2. The van der Waals surface area contributed by atoms with Gasteiger partial charge in [0, 0.05) is 11.8 Å². The molecule has 5 nitrogen and oxygen atoms in total. The van der Waals surface area contributed by atoms with Crippen LogP contribution in [0.2, 0.25) is 0 Å². The fourth-order valence-electron chi connectivity index (χ4n) is 1.50. The van der Waals surface area contributed by atoms with E-state index in [0.717, 1.165) is 5.56 Å². The highest BCUT2D eigenvalue weighted by atomic mass is 16.5. The van der Waals surface area contributed by atoms with Gasteiger partial charge in [0.15, 0.2) is 0 Å². The van der Waals surface area contributed by atoms with Gasteiger partial charge in [-0.1, -0.05) is 17.7 Å². The molecule has 0 amide bonds. The summed E-state index contributed by atoms with van der Waals surface area (Å²) in [6.07, 6.45) is 0. The molecule has 0 fully saturated rings. The largest absolute Gasteiger partial charge is 0.467 e. The zero-order valence-corrected chi connectivity index (χ0v) is 11.0. The molecule has 2 rings (SSSR count). The van der Waals surface area contributed by atoms with Gasteiger partial charge in [-0.25, -0.2) is 9.78 Å². The van der Waals surface area contributed by atoms with Crippen molar-refractivity contribution >= 4 is 5.97 Å². The molecule has 0 saturated carbocycles. The third kappa shape index (κ3) is 3.28. The molecule has 1 heterocycles. The molecule has 0 radical (unpaired) electrons. The molecule has 98 valence electrons. The summed E-state index contributed by atoms with van der Waals surface area (Å²) in [4.78, 5) is 19.9. The molecule has 0 bridgehead atoms. The Morgan fingerprint density at radius 2 is 1.79 bits per heavy atom. The topological polar surface area (TPSA) is 61.3 Å². The van der Waals surface area contributed by atoms with Crippen molar-refractivity contribution in [3.05, 3.63) is 47.2 Å². The van der Waals surface area contributed by atoms with E-state index in [2.05, 4.69) is 9.97 Å². The van der Waals surface area contributed by atoms with Crippen molar-refractivity contribution in [2.75, 3.05) is 7.11 Å². The van der Waals surface area contributed by atoms with Gasteiger partial charge < -0.3 is 9.47 Å². The van der Waals surface area contributed by atoms with E-state index in [0.29, 0.717) is 11.3 Å². The summed E-state index contributed by atoms with van der Waals surface area (Å²) in [6.45, 7) is 3.72. The molecule has 0 atom stereocenters. The zero-order chi connectivity index (χ0) is 13.8. The maximum atomic E-state index is 11.9. The molecule has 0 unspecified atom stereocenters. The van der Waals surface area contributed by atoms with Gasteiger partial charge in [0.1, 0.15) is 0 Å². The Morgan fingerprint density at radius 1 is 1.11 bits per heavy atom. The van der Waals surface area contributed by atoms with Gasteiger partial charge in [-0.3, -0.25) is 0 Å². The number of rotatable bonds is 3. The average Bonchev–Trinajstić information content (AvgIpc) is 2.38. The van der Waals surface area contributed by atoms with E-state index in [4.69, 9.17) is 9.47 Å². The lowest BCUT2D eigenvalue weighted by Gasteiger charge is -2.06. The lowest BCUT2D eigenvalue weighted by molar-refractivity contribution is 0.0726. The van der Waals surface area contributed by atoms with Crippen LogP contribution in [0.5, 0.6) is 11.9 Å². The Kier molecular flexibility index (Phi) is 3.75. The van der Waals surface area contributed by atoms with E-state index in [1.807, 2.05) is 19.1 Å². The van der Waals surface area contributed by atoms with Crippen LogP contribution in [0.4, 0.5) is 0 Å². The molecular weight excluding hydrogens is 244 g/mol. The van der Waals surface area contributed by atoms with E-state index in [1.165, 1.54) is 7.11 Å². The number of aryl methyl sites for hydroxylation is 2.